The Labute approximate surface area is 122 Å². The van der Waals surface area contributed by atoms with Gasteiger partial charge in [-0.05, 0) is 18.4 Å². The van der Waals surface area contributed by atoms with Crippen LogP contribution >= 0.6 is 0 Å². The van der Waals surface area contributed by atoms with E-state index in [2.05, 4.69) is 0 Å². The fourth-order valence-electron chi connectivity index (χ4n) is 2.18. The van der Waals surface area contributed by atoms with E-state index in [4.69, 9.17) is 5.73 Å². The van der Waals surface area contributed by atoms with Crippen LogP contribution in [0.3, 0.4) is 0 Å². The van der Waals surface area contributed by atoms with E-state index in [0.29, 0.717) is 12.8 Å². The SMILES string of the molecule is CCCN(CC(F)(F)F)C(=O)C(CN)Cc1ccccc1. The first-order chi connectivity index (χ1) is 9.87. The summed E-state index contributed by atoms with van der Waals surface area (Å²) < 4.78 is 37.7. The summed E-state index contributed by atoms with van der Waals surface area (Å²) in [5.41, 5.74) is 6.48. The number of nitrogens with zero attached hydrogens (tertiary/aromatic N) is 1. The van der Waals surface area contributed by atoms with Gasteiger partial charge in [-0.25, -0.2) is 0 Å². The predicted molar refractivity (Wildman–Crippen MR) is 75.6 cm³/mol. The molecule has 1 amide bonds. The summed E-state index contributed by atoms with van der Waals surface area (Å²) in [7, 11) is 0. The Balaban J connectivity index is 2.78. The van der Waals surface area contributed by atoms with Gasteiger partial charge in [-0.2, -0.15) is 13.2 Å². The van der Waals surface area contributed by atoms with E-state index in [9.17, 15) is 18.0 Å². The maximum absolute atomic E-state index is 12.6. The summed E-state index contributed by atoms with van der Waals surface area (Å²) in [6.45, 7) is 0.645. The van der Waals surface area contributed by atoms with Crippen LogP contribution in [0.15, 0.2) is 30.3 Å². The molecule has 0 fully saturated rings. The van der Waals surface area contributed by atoms with Gasteiger partial charge < -0.3 is 10.6 Å². The zero-order valence-corrected chi connectivity index (χ0v) is 12.1. The molecule has 0 aliphatic carbocycles. The average Bonchev–Trinajstić information content (AvgIpc) is 2.43. The van der Waals surface area contributed by atoms with Gasteiger partial charge >= 0.3 is 6.18 Å². The number of benzene rings is 1. The molecule has 3 nitrogen and oxygen atoms in total. The van der Waals surface area contributed by atoms with Gasteiger partial charge in [-0.1, -0.05) is 37.3 Å². The molecule has 1 rings (SSSR count). The Morgan fingerprint density at radius 1 is 1.29 bits per heavy atom. The minimum absolute atomic E-state index is 0.0335. The highest BCUT2D eigenvalue weighted by Gasteiger charge is 2.34. The van der Waals surface area contributed by atoms with Crippen LogP contribution in [0.4, 0.5) is 13.2 Å². The first-order valence-electron chi connectivity index (χ1n) is 6.97. The third kappa shape index (κ3) is 6.16. The van der Waals surface area contributed by atoms with Crippen molar-refractivity contribution in [3.8, 4) is 0 Å². The van der Waals surface area contributed by atoms with Gasteiger partial charge in [-0.15, -0.1) is 0 Å². The van der Waals surface area contributed by atoms with Crippen LogP contribution < -0.4 is 5.73 Å². The smallest absolute Gasteiger partial charge is 0.333 e. The number of halogens is 3. The van der Waals surface area contributed by atoms with E-state index in [0.717, 1.165) is 10.5 Å². The van der Waals surface area contributed by atoms with Crippen LogP contribution in [0.2, 0.25) is 0 Å². The fourth-order valence-corrected chi connectivity index (χ4v) is 2.18. The minimum Gasteiger partial charge on any atom is -0.333 e. The van der Waals surface area contributed by atoms with Crippen molar-refractivity contribution in [1.29, 1.82) is 0 Å². The maximum atomic E-state index is 12.6. The molecule has 118 valence electrons. The van der Waals surface area contributed by atoms with Gasteiger partial charge in [0.15, 0.2) is 0 Å². The minimum atomic E-state index is -4.39. The Kier molecular flexibility index (Phi) is 6.68. The molecule has 6 heteroatoms. The second-order valence-corrected chi connectivity index (χ2v) is 5.00. The summed E-state index contributed by atoms with van der Waals surface area (Å²) in [5.74, 6) is -1.15. The maximum Gasteiger partial charge on any atom is 0.406 e. The molecule has 0 aliphatic heterocycles. The molecule has 0 aromatic heterocycles. The molecule has 21 heavy (non-hydrogen) atoms. The number of amides is 1. The van der Waals surface area contributed by atoms with Gasteiger partial charge in [0, 0.05) is 13.1 Å². The highest BCUT2D eigenvalue weighted by atomic mass is 19.4. The van der Waals surface area contributed by atoms with Crippen LogP contribution in [-0.2, 0) is 11.2 Å². The topological polar surface area (TPSA) is 46.3 Å². The Bertz CT molecular complexity index is 434. The van der Waals surface area contributed by atoms with Gasteiger partial charge in [-0.3, -0.25) is 4.79 Å². The Morgan fingerprint density at radius 2 is 1.90 bits per heavy atom. The fraction of sp³-hybridized carbons (Fsp3) is 0.533. The lowest BCUT2D eigenvalue weighted by Gasteiger charge is -2.27. The average molecular weight is 302 g/mol. The van der Waals surface area contributed by atoms with Crippen molar-refractivity contribution in [1.82, 2.24) is 4.90 Å². The Hall–Kier alpha value is -1.56. The standard InChI is InChI=1S/C15H21F3N2O/c1-2-8-20(11-15(16,17)18)14(21)13(10-19)9-12-6-4-3-5-7-12/h3-7,13H,2,8-11,19H2,1H3. The molecule has 1 aromatic rings. The zero-order chi connectivity index (χ0) is 15.9. The van der Waals surface area contributed by atoms with E-state index in [1.807, 2.05) is 30.3 Å². The summed E-state index contributed by atoms with van der Waals surface area (Å²) in [6.07, 6.45) is -3.56. The normalized spacial score (nSPS) is 13.0. The van der Waals surface area contributed by atoms with Crippen LogP contribution in [0.5, 0.6) is 0 Å². The summed E-state index contributed by atoms with van der Waals surface area (Å²) in [6, 6.07) is 9.17. The number of nitrogens with two attached hydrogens (primary N) is 1. The van der Waals surface area contributed by atoms with E-state index < -0.39 is 24.5 Å². The largest absolute Gasteiger partial charge is 0.406 e. The molecule has 0 radical (unpaired) electrons. The number of hydrogen-bond donors (Lipinski definition) is 1. The van der Waals surface area contributed by atoms with E-state index in [1.54, 1.807) is 6.92 Å². The van der Waals surface area contributed by atoms with Crippen molar-refractivity contribution in [3.63, 3.8) is 0 Å². The highest BCUT2D eigenvalue weighted by molar-refractivity contribution is 5.79. The molecule has 1 unspecified atom stereocenters. The lowest BCUT2D eigenvalue weighted by atomic mass is 9.98. The molecule has 1 aromatic carbocycles. The number of rotatable bonds is 7. The highest BCUT2D eigenvalue weighted by Crippen LogP contribution is 2.19. The van der Waals surface area contributed by atoms with Gasteiger partial charge in [0.1, 0.15) is 6.54 Å². The van der Waals surface area contributed by atoms with Crippen LogP contribution in [-0.4, -0.2) is 36.6 Å². The van der Waals surface area contributed by atoms with Crippen molar-refractivity contribution in [2.45, 2.75) is 25.9 Å². The quantitative estimate of drug-likeness (QED) is 0.841. The summed E-state index contributed by atoms with van der Waals surface area (Å²) in [5, 5.41) is 0. The second-order valence-electron chi connectivity index (χ2n) is 5.00. The molecular weight excluding hydrogens is 281 g/mol. The van der Waals surface area contributed by atoms with Crippen molar-refractivity contribution in [2.24, 2.45) is 11.7 Å². The molecule has 0 saturated heterocycles. The van der Waals surface area contributed by atoms with E-state index in [-0.39, 0.29) is 13.1 Å². The summed E-state index contributed by atoms with van der Waals surface area (Å²) >= 11 is 0. The third-order valence-electron chi connectivity index (χ3n) is 3.13. The van der Waals surface area contributed by atoms with Crippen molar-refractivity contribution >= 4 is 5.91 Å². The van der Waals surface area contributed by atoms with E-state index >= 15 is 0 Å². The molecular formula is C15H21F3N2O. The third-order valence-corrected chi connectivity index (χ3v) is 3.13. The number of carbonyl (C=O) groups is 1. The van der Waals surface area contributed by atoms with Gasteiger partial charge in [0.25, 0.3) is 0 Å². The van der Waals surface area contributed by atoms with Crippen molar-refractivity contribution in [2.75, 3.05) is 19.6 Å². The lowest BCUT2D eigenvalue weighted by molar-refractivity contribution is -0.163. The lowest BCUT2D eigenvalue weighted by Crippen LogP contribution is -2.45. The van der Waals surface area contributed by atoms with Crippen LogP contribution in [0.25, 0.3) is 0 Å². The zero-order valence-electron chi connectivity index (χ0n) is 12.1. The van der Waals surface area contributed by atoms with Crippen molar-refractivity contribution < 1.29 is 18.0 Å². The van der Waals surface area contributed by atoms with E-state index in [1.165, 1.54) is 0 Å². The predicted octanol–water partition coefficient (Wildman–Crippen LogP) is 2.60. The van der Waals surface area contributed by atoms with Crippen LogP contribution in [0.1, 0.15) is 18.9 Å². The molecule has 1 atom stereocenters. The number of carbonyl (C=O) groups excluding carboxylic acids is 1. The number of alkyl halides is 3. The first kappa shape index (κ1) is 17.5. The van der Waals surface area contributed by atoms with Crippen LogP contribution in [0, 0.1) is 5.92 Å². The van der Waals surface area contributed by atoms with Gasteiger partial charge in [0.05, 0.1) is 5.92 Å². The molecule has 0 saturated carbocycles. The monoisotopic (exact) mass is 302 g/mol. The molecule has 0 heterocycles. The Morgan fingerprint density at radius 3 is 2.38 bits per heavy atom. The first-order valence-corrected chi connectivity index (χ1v) is 6.97. The summed E-state index contributed by atoms with van der Waals surface area (Å²) in [4.78, 5) is 13.2. The molecule has 0 bridgehead atoms. The van der Waals surface area contributed by atoms with Crippen molar-refractivity contribution in [3.05, 3.63) is 35.9 Å². The molecule has 0 spiro atoms. The molecule has 2 N–H and O–H groups in total. The van der Waals surface area contributed by atoms with Gasteiger partial charge in [0.2, 0.25) is 5.91 Å². The molecule has 0 aliphatic rings. The number of hydrogen-bond acceptors (Lipinski definition) is 2. The second kappa shape index (κ2) is 8.02.